The van der Waals surface area contributed by atoms with E-state index in [1.54, 1.807) is 0 Å². The van der Waals surface area contributed by atoms with Gasteiger partial charge in [0.25, 0.3) is 0 Å². The molecule has 1 aromatic carbocycles. The molecule has 3 rings (SSSR count). The number of nitrogens with two attached hydrogens (primary N) is 1. The van der Waals surface area contributed by atoms with E-state index in [4.69, 9.17) is 5.73 Å². The number of nitrogen functional groups attached to an aromatic ring is 1. The van der Waals surface area contributed by atoms with Gasteiger partial charge in [0.2, 0.25) is 0 Å². The lowest BCUT2D eigenvalue weighted by Crippen LogP contribution is -2.50. The van der Waals surface area contributed by atoms with Gasteiger partial charge in [-0.25, -0.2) is 8.42 Å². The maximum Gasteiger partial charge on any atom is 0.151 e. The molecule has 2 aliphatic rings. The molecule has 2 saturated heterocycles. The number of sulfone groups is 1. The van der Waals surface area contributed by atoms with Gasteiger partial charge in [0.15, 0.2) is 9.84 Å². The van der Waals surface area contributed by atoms with Gasteiger partial charge in [-0.05, 0) is 18.6 Å². The van der Waals surface area contributed by atoms with Gasteiger partial charge in [0.1, 0.15) is 0 Å². The van der Waals surface area contributed by atoms with Crippen LogP contribution in [0.15, 0.2) is 24.3 Å². The van der Waals surface area contributed by atoms with Crippen LogP contribution in [-0.4, -0.2) is 57.0 Å². The first-order valence-corrected chi connectivity index (χ1v) is 8.91. The van der Waals surface area contributed by atoms with Crippen molar-refractivity contribution < 1.29 is 8.42 Å². The molecular formula is C14H21N3O2S. The number of hydrogen-bond acceptors (Lipinski definition) is 5. The molecule has 110 valence electrons. The van der Waals surface area contributed by atoms with Gasteiger partial charge in [-0.3, -0.25) is 4.90 Å². The quantitative estimate of drug-likeness (QED) is 0.808. The highest BCUT2D eigenvalue weighted by Gasteiger charge is 2.33. The monoisotopic (exact) mass is 295 g/mol. The standard InChI is InChI=1S/C14H21N3O2S/c15-13-3-1-2-4-14(13)17-8-6-16(7-9-17)12-5-10-20(18,19)11-12/h1-4,12H,5-11,15H2. The third kappa shape index (κ3) is 2.76. The molecule has 0 spiro atoms. The first kappa shape index (κ1) is 13.7. The molecule has 1 unspecified atom stereocenters. The maximum absolute atomic E-state index is 11.6. The van der Waals surface area contributed by atoms with Crippen LogP contribution in [0, 0.1) is 0 Å². The predicted octanol–water partition coefficient (Wildman–Crippen LogP) is 0.578. The summed E-state index contributed by atoms with van der Waals surface area (Å²) in [6, 6.07) is 8.13. The Morgan fingerprint density at radius 2 is 1.80 bits per heavy atom. The Balaban J connectivity index is 1.62. The van der Waals surface area contributed by atoms with E-state index < -0.39 is 9.84 Å². The summed E-state index contributed by atoms with van der Waals surface area (Å²) in [7, 11) is -2.79. The van der Waals surface area contributed by atoms with Gasteiger partial charge in [0.05, 0.1) is 22.9 Å². The van der Waals surface area contributed by atoms with Gasteiger partial charge in [-0.2, -0.15) is 0 Å². The molecular weight excluding hydrogens is 274 g/mol. The van der Waals surface area contributed by atoms with Crippen LogP contribution in [0.2, 0.25) is 0 Å². The van der Waals surface area contributed by atoms with E-state index in [-0.39, 0.29) is 6.04 Å². The zero-order valence-electron chi connectivity index (χ0n) is 11.5. The lowest BCUT2D eigenvalue weighted by molar-refractivity contribution is 0.200. The molecule has 2 N–H and O–H groups in total. The minimum atomic E-state index is -2.79. The summed E-state index contributed by atoms with van der Waals surface area (Å²) in [5, 5.41) is 0. The number of hydrogen-bond donors (Lipinski definition) is 1. The predicted molar refractivity (Wildman–Crippen MR) is 81.7 cm³/mol. The van der Waals surface area contributed by atoms with Crippen LogP contribution < -0.4 is 10.6 Å². The molecule has 0 aromatic heterocycles. The number of benzene rings is 1. The van der Waals surface area contributed by atoms with E-state index in [2.05, 4.69) is 9.80 Å². The Bertz CT molecular complexity index is 580. The number of anilines is 2. The van der Waals surface area contributed by atoms with Crippen LogP contribution >= 0.6 is 0 Å². The highest BCUT2D eigenvalue weighted by Crippen LogP contribution is 2.25. The van der Waals surface area contributed by atoms with Crippen molar-refractivity contribution in [3.63, 3.8) is 0 Å². The summed E-state index contributed by atoms with van der Waals surface area (Å²) in [5.41, 5.74) is 7.91. The molecule has 0 radical (unpaired) electrons. The lowest BCUT2D eigenvalue weighted by atomic mass is 10.1. The van der Waals surface area contributed by atoms with Crippen molar-refractivity contribution in [2.24, 2.45) is 0 Å². The normalized spacial score (nSPS) is 26.8. The summed E-state index contributed by atoms with van der Waals surface area (Å²) in [6.45, 7) is 3.64. The zero-order chi connectivity index (χ0) is 14.2. The Labute approximate surface area is 120 Å². The van der Waals surface area contributed by atoms with Crippen LogP contribution in [0.25, 0.3) is 0 Å². The van der Waals surface area contributed by atoms with E-state index in [1.165, 1.54) is 0 Å². The number of rotatable bonds is 2. The molecule has 0 aliphatic carbocycles. The van der Waals surface area contributed by atoms with E-state index in [9.17, 15) is 8.42 Å². The molecule has 1 aromatic rings. The first-order chi connectivity index (χ1) is 9.55. The number of piperazine rings is 1. The molecule has 6 heteroatoms. The summed E-state index contributed by atoms with van der Waals surface area (Å²) in [4.78, 5) is 4.61. The number of para-hydroxylation sites is 2. The number of nitrogens with zero attached hydrogens (tertiary/aromatic N) is 2. The molecule has 20 heavy (non-hydrogen) atoms. The largest absolute Gasteiger partial charge is 0.397 e. The van der Waals surface area contributed by atoms with Crippen molar-refractivity contribution in [2.75, 3.05) is 48.3 Å². The summed E-state index contributed by atoms with van der Waals surface area (Å²) in [6.07, 6.45) is 0.788. The second-order valence-electron chi connectivity index (χ2n) is 5.64. The van der Waals surface area contributed by atoms with Crippen molar-refractivity contribution in [3.8, 4) is 0 Å². The van der Waals surface area contributed by atoms with Crippen molar-refractivity contribution in [3.05, 3.63) is 24.3 Å². The Hall–Kier alpha value is -1.27. The maximum atomic E-state index is 11.6. The van der Waals surface area contributed by atoms with E-state index in [0.717, 1.165) is 44.0 Å². The third-order valence-corrected chi connectivity index (χ3v) is 6.07. The molecule has 2 fully saturated rings. The van der Waals surface area contributed by atoms with Gasteiger partial charge in [-0.15, -0.1) is 0 Å². The van der Waals surface area contributed by atoms with Crippen molar-refractivity contribution >= 4 is 21.2 Å². The second kappa shape index (κ2) is 5.26. The fourth-order valence-corrected chi connectivity index (χ4v) is 4.93. The highest BCUT2D eigenvalue weighted by molar-refractivity contribution is 7.91. The van der Waals surface area contributed by atoms with E-state index in [0.29, 0.717) is 11.5 Å². The molecule has 2 heterocycles. The average molecular weight is 295 g/mol. The van der Waals surface area contributed by atoms with E-state index >= 15 is 0 Å². The Kier molecular flexibility index (Phi) is 3.60. The molecule has 0 saturated carbocycles. The smallest absolute Gasteiger partial charge is 0.151 e. The average Bonchev–Trinajstić information content (AvgIpc) is 2.80. The first-order valence-electron chi connectivity index (χ1n) is 7.09. The van der Waals surface area contributed by atoms with Gasteiger partial charge >= 0.3 is 0 Å². The summed E-state index contributed by atoms with van der Waals surface area (Å²) in [5.74, 6) is 0.685. The fourth-order valence-electron chi connectivity index (χ4n) is 3.17. The minimum Gasteiger partial charge on any atom is -0.397 e. The third-order valence-electron chi connectivity index (χ3n) is 4.32. The van der Waals surface area contributed by atoms with Gasteiger partial charge in [-0.1, -0.05) is 12.1 Å². The highest BCUT2D eigenvalue weighted by atomic mass is 32.2. The van der Waals surface area contributed by atoms with Crippen LogP contribution in [0.1, 0.15) is 6.42 Å². The minimum absolute atomic E-state index is 0.218. The second-order valence-corrected chi connectivity index (χ2v) is 7.87. The van der Waals surface area contributed by atoms with Crippen molar-refractivity contribution in [2.45, 2.75) is 12.5 Å². The fraction of sp³-hybridized carbons (Fsp3) is 0.571. The molecule has 5 nitrogen and oxygen atoms in total. The Morgan fingerprint density at radius 1 is 1.10 bits per heavy atom. The summed E-state index contributed by atoms with van der Waals surface area (Å²) < 4.78 is 23.1. The Morgan fingerprint density at radius 3 is 2.40 bits per heavy atom. The van der Waals surface area contributed by atoms with Gasteiger partial charge in [0, 0.05) is 32.2 Å². The zero-order valence-corrected chi connectivity index (χ0v) is 12.3. The molecule has 0 bridgehead atoms. The summed E-state index contributed by atoms with van der Waals surface area (Å²) >= 11 is 0. The van der Waals surface area contributed by atoms with Crippen molar-refractivity contribution in [1.29, 1.82) is 0 Å². The van der Waals surface area contributed by atoms with Gasteiger partial charge < -0.3 is 10.6 Å². The SMILES string of the molecule is Nc1ccccc1N1CCN(C2CCS(=O)(=O)C2)CC1. The van der Waals surface area contributed by atoms with Crippen LogP contribution in [0.3, 0.4) is 0 Å². The van der Waals surface area contributed by atoms with Crippen molar-refractivity contribution in [1.82, 2.24) is 4.90 Å². The topological polar surface area (TPSA) is 66.6 Å². The lowest BCUT2D eigenvalue weighted by Gasteiger charge is -2.39. The van der Waals surface area contributed by atoms with E-state index in [1.807, 2.05) is 24.3 Å². The molecule has 0 amide bonds. The van der Waals surface area contributed by atoms with Crippen LogP contribution in [0.4, 0.5) is 11.4 Å². The molecule has 2 aliphatic heterocycles. The molecule has 1 atom stereocenters. The van der Waals surface area contributed by atoms with Crippen LogP contribution in [-0.2, 0) is 9.84 Å². The van der Waals surface area contributed by atoms with Crippen LogP contribution in [0.5, 0.6) is 0 Å².